The molecule has 2 nitrogen and oxygen atoms in total. The van der Waals surface area contributed by atoms with E-state index in [1.807, 2.05) is 31.4 Å². The molecule has 4 heteroatoms. The quantitative estimate of drug-likeness (QED) is 0.786. The molecule has 0 spiro atoms. The van der Waals surface area contributed by atoms with E-state index in [1.54, 1.807) is 13.2 Å². The first-order valence-corrected chi connectivity index (χ1v) is 6.72. The van der Waals surface area contributed by atoms with E-state index in [1.165, 1.54) is 11.3 Å². The third-order valence-electron chi connectivity index (χ3n) is 2.79. The molecule has 0 fully saturated rings. The number of halogens is 1. The average Bonchev–Trinajstić information content (AvgIpc) is 2.81. The Morgan fingerprint density at radius 3 is 2.56 bits per heavy atom. The van der Waals surface area contributed by atoms with Gasteiger partial charge in [-0.1, -0.05) is 11.6 Å². The highest BCUT2D eigenvalue weighted by molar-refractivity contribution is 7.12. The monoisotopic (exact) mass is 280 g/mol. The van der Waals surface area contributed by atoms with Crippen LogP contribution in [0, 0.1) is 13.8 Å². The van der Waals surface area contributed by atoms with E-state index >= 15 is 0 Å². The van der Waals surface area contributed by atoms with Crippen molar-refractivity contribution >= 4 is 28.7 Å². The van der Waals surface area contributed by atoms with Crippen LogP contribution in [0.5, 0.6) is 5.75 Å². The zero-order chi connectivity index (χ0) is 13.3. The summed E-state index contributed by atoms with van der Waals surface area (Å²) in [5.74, 6) is 0.729. The Bertz CT molecular complexity index is 602. The van der Waals surface area contributed by atoms with Crippen LogP contribution in [0.2, 0.25) is 5.02 Å². The van der Waals surface area contributed by atoms with Crippen molar-refractivity contribution in [2.75, 3.05) is 7.11 Å². The molecular formula is C14H13ClO2S. The van der Waals surface area contributed by atoms with Gasteiger partial charge >= 0.3 is 0 Å². The number of methoxy groups -OCH3 is 1. The minimum absolute atomic E-state index is 0.0144. The summed E-state index contributed by atoms with van der Waals surface area (Å²) in [6, 6.07) is 5.43. The van der Waals surface area contributed by atoms with Gasteiger partial charge in [0.25, 0.3) is 0 Å². The molecule has 1 heterocycles. The molecule has 2 aromatic rings. The van der Waals surface area contributed by atoms with Gasteiger partial charge in [0.1, 0.15) is 5.75 Å². The van der Waals surface area contributed by atoms with E-state index in [2.05, 4.69) is 0 Å². The van der Waals surface area contributed by atoms with Gasteiger partial charge in [-0.25, -0.2) is 0 Å². The number of hydrogen-bond donors (Lipinski definition) is 0. The fourth-order valence-corrected chi connectivity index (χ4v) is 2.73. The van der Waals surface area contributed by atoms with E-state index in [-0.39, 0.29) is 5.78 Å². The molecule has 0 aliphatic rings. The lowest BCUT2D eigenvalue weighted by Crippen LogP contribution is -2.02. The number of hydrogen-bond acceptors (Lipinski definition) is 3. The molecule has 0 atom stereocenters. The van der Waals surface area contributed by atoms with Gasteiger partial charge in [-0.15, -0.1) is 11.3 Å². The number of ether oxygens (including phenoxy) is 1. The number of carbonyl (C=O) groups is 1. The largest absolute Gasteiger partial charge is 0.496 e. The molecule has 0 amide bonds. The van der Waals surface area contributed by atoms with Gasteiger partial charge in [0.2, 0.25) is 5.78 Å². The van der Waals surface area contributed by atoms with Crippen molar-refractivity contribution in [3.8, 4) is 5.75 Å². The van der Waals surface area contributed by atoms with Crippen molar-refractivity contribution in [1.29, 1.82) is 0 Å². The smallest absolute Gasteiger partial charge is 0.203 e. The topological polar surface area (TPSA) is 26.3 Å². The number of thiophene rings is 1. The van der Waals surface area contributed by atoms with Crippen LogP contribution in [0.4, 0.5) is 0 Å². The van der Waals surface area contributed by atoms with Crippen LogP contribution in [0.1, 0.15) is 26.4 Å². The Labute approximate surface area is 115 Å². The third-order valence-corrected chi connectivity index (χ3v) is 4.10. The van der Waals surface area contributed by atoms with Crippen LogP contribution in [0.25, 0.3) is 0 Å². The summed E-state index contributed by atoms with van der Waals surface area (Å²) in [5, 5.41) is 2.51. The van der Waals surface area contributed by atoms with E-state index in [9.17, 15) is 4.79 Å². The maximum absolute atomic E-state index is 12.4. The molecule has 0 saturated heterocycles. The molecule has 1 aromatic carbocycles. The maximum atomic E-state index is 12.4. The summed E-state index contributed by atoms with van der Waals surface area (Å²) >= 11 is 7.42. The standard InChI is InChI=1S/C14H13ClO2S/c1-8-5-12(15)9(2)4-11(8)14(16)13-6-10(17-3)7-18-13/h4-7H,1-3H3. The zero-order valence-electron chi connectivity index (χ0n) is 10.4. The molecule has 94 valence electrons. The fraction of sp³-hybridized carbons (Fsp3) is 0.214. The van der Waals surface area contributed by atoms with Crippen LogP contribution in [0.3, 0.4) is 0 Å². The average molecular weight is 281 g/mol. The lowest BCUT2D eigenvalue weighted by atomic mass is 10.0. The fourth-order valence-electron chi connectivity index (χ4n) is 1.70. The molecule has 0 aliphatic carbocycles. The molecule has 18 heavy (non-hydrogen) atoms. The highest BCUT2D eigenvalue weighted by Crippen LogP contribution is 2.27. The lowest BCUT2D eigenvalue weighted by molar-refractivity contribution is 0.104. The summed E-state index contributed by atoms with van der Waals surface area (Å²) in [4.78, 5) is 13.0. The van der Waals surface area contributed by atoms with E-state index < -0.39 is 0 Å². The number of carbonyl (C=O) groups excluding carboxylic acids is 1. The number of rotatable bonds is 3. The van der Waals surface area contributed by atoms with Crippen molar-refractivity contribution in [2.45, 2.75) is 13.8 Å². The normalized spacial score (nSPS) is 10.4. The van der Waals surface area contributed by atoms with Crippen LogP contribution in [0.15, 0.2) is 23.6 Å². The van der Waals surface area contributed by atoms with Crippen molar-refractivity contribution in [1.82, 2.24) is 0 Å². The van der Waals surface area contributed by atoms with Crippen LogP contribution < -0.4 is 4.74 Å². The van der Waals surface area contributed by atoms with E-state index in [0.717, 1.165) is 11.1 Å². The van der Waals surface area contributed by atoms with Gasteiger partial charge in [-0.3, -0.25) is 4.79 Å². The van der Waals surface area contributed by atoms with Gasteiger partial charge in [-0.05, 0) is 37.1 Å². The molecule has 1 aromatic heterocycles. The first-order chi connectivity index (χ1) is 8.52. The lowest BCUT2D eigenvalue weighted by Gasteiger charge is -2.06. The van der Waals surface area contributed by atoms with Gasteiger partial charge < -0.3 is 4.74 Å². The van der Waals surface area contributed by atoms with Gasteiger partial charge in [0, 0.05) is 22.0 Å². The van der Waals surface area contributed by atoms with Crippen molar-refractivity contribution in [3.63, 3.8) is 0 Å². The zero-order valence-corrected chi connectivity index (χ0v) is 12.0. The molecule has 0 radical (unpaired) electrons. The van der Waals surface area contributed by atoms with Crippen molar-refractivity contribution in [3.05, 3.63) is 50.2 Å². The van der Waals surface area contributed by atoms with Crippen LogP contribution in [-0.2, 0) is 0 Å². The molecule has 0 bridgehead atoms. The molecule has 0 unspecified atom stereocenters. The Kier molecular flexibility index (Phi) is 3.73. The van der Waals surface area contributed by atoms with Gasteiger partial charge in [-0.2, -0.15) is 0 Å². The second-order valence-corrected chi connectivity index (χ2v) is 5.41. The number of aryl methyl sites for hydroxylation is 2. The number of ketones is 1. The summed E-state index contributed by atoms with van der Waals surface area (Å²) in [7, 11) is 1.59. The van der Waals surface area contributed by atoms with E-state index in [4.69, 9.17) is 16.3 Å². The van der Waals surface area contributed by atoms with Gasteiger partial charge in [0.05, 0.1) is 12.0 Å². The Balaban J connectivity index is 2.42. The van der Waals surface area contributed by atoms with Crippen molar-refractivity contribution < 1.29 is 9.53 Å². The third kappa shape index (κ3) is 2.42. The minimum Gasteiger partial charge on any atom is -0.496 e. The minimum atomic E-state index is 0.0144. The molecular weight excluding hydrogens is 268 g/mol. The Hall–Kier alpha value is -1.32. The maximum Gasteiger partial charge on any atom is 0.203 e. The van der Waals surface area contributed by atoms with Crippen LogP contribution in [-0.4, -0.2) is 12.9 Å². The second kappa shape index (κ2) is 5.12. The SMILES string of the molecule is COc1csc(C(=O)c2cc(C)c(Cl)cc2C)c1. The predicted molar refractivity (Wildman–Crippen MR) is 75.2 cm³/mol. The summed E-state index contributed by atoms with van der Waals surface area (Å²) < 4.78 is 5.09. The van der Waals surface area contributed by atoms with E-state index in [0.29, 0.717) is 21.2 Å². The Morgan fingerprint density at radius 2 is 1.94 bits per heavy atom. The highest BCUT2D eigenvalue weighted by atomic mass is 35.5. The van der Waals surface area contributed by atoms with Gasteiger partial charge in [0.15, 0.2) is 0 Å². The molecule has 0 saturated carbocycles. The first kappa shape index (κ1) is 13.1. The molecule has 0 N–H and O–H groups in total. The Morgan fingerprint density at radius 1 is 1.22 bits per heavy atom. The predicted octanol–water partition coefficient (Wildman–Crippen LogP) is 4.26. The summed E-state index contributed by atoms with van der Waals surface area (Å²) in [6.45, 7) is 3.79. The molecule has 0 aliphatic heterocycles. The first-order valence-electron chi connectivity index (χ1n) is 5.47. The highest BCUT2D eigenvalue weighted by Gasteiger charge is 2.15. The second-order valence-electron chi connectivity index (χ2n) is 4.10. The summed E-state index contributed by atoms with van der Waals surface area (Å²) in [5.41, 5.74) is 2.50. The van der Waals surface area contributed by atoms with Crippen molar-refractivity contribution in [2.24, 2.45) is 0 Å². The molecule has 2 rings (SSSR count). The number of benzene rings is 1. The van der Waals surface area contributed by atoms with Crippen LogP contribution >= 0.6 is 22.9 Å². The summed E-state index contributed by atoms with van der Waals surface area (Å²) in [6.07, 6.45) is 0.